The van der Waals surface area contributed by atoms with E-state index in [1.807, 2.05) is 36.0 Å². The van der Waals surface area contributed by atoms with Crippen LogP contribution >= 0.6 is 11.8 Å². The van der Waals surface area contributed by atoms with E-state index in [2.05, 4.69) is 12.1 Å². The van der Waals surface area contributed by atoms with Crippen molar-refractivity contribution < 1.29 is 0 Å². The number of nitriles is 1. The molecule has 1 aromatic rings. The summed E-state index contributed by atoms with van der Waals surface area (Å²) >= 11 is 1.86. The molecule has 1 aromatic carbocycles. The number of nitrogens with zero attached hydrogens (tertiary/aromatic N) is 2. The van der Waals surface area contributed by atoms with Crippen molar-refractivity contribution in [3.63, 3.8) is 0 Å². The largest absolute Gasteiger partial charge is 0.245 e. The second-order valence-electron chi connectivity index (χ2n) is 4.27. The molecule has 84 valence electrons. The van der Waals surface area contributed by atoms with E-state index in [0.29, 0.717) is 10.8 Å². The molecule has 1 atom stereocenters. The Labute approximate surface area is 105 Å². The second kappa shape index (κ2) is 4.38. The van der Waals surface area contributed by atoms with Crippen LogP contribution in [0.15, 0.2) is 41.0 Å². The first-order chi connectivity index (χ1) is 8.36. The molecule has 1 aliphatic heterocycles. The van der Waals surface area contributed by atoms with Crippen molar-refractivity contribution >= 4 is 16.8 Å². The second-order valence-corrected chi connectivity index (χ2v) is 5.46. The predicted octanol–water partition coefficient (Wildman–Crippen LogP) is 3.49. The van der Waals surface area contributed by atoms with Gasteiger partial charge >= 0.3 is 0 Å². The molecule has 3 rings (SSSR count). The van der Waals surface area contributed by atoms with Crippen LogP contribution in [0.3, 0.4) is 0 Å². The Balaban J connectivity index is 1.88. The predicted molar refractivity (Wildman–Crippen MR) is 71.0 cm³/mol. The third kappa shape index (κ3) is 2.01. The van der Waals surface area contributed by atoms with Gasteiger partial charge in [0.2, 0.25) is 0 Å². The molecule has 0 N–H and O–H groups in total. The molecule has 0 saturated heterocycles. The number of allylic oxidation sites excluding steroid dienone is 1. The van der Waals surface area contributed by atoms with Crippen molar-refractivity contribution in [3.8, 4) is 6.07 Å². The Hall–Kier alpha value is -1.53. The quantitative estimate of drug-likeness (QED) is 0.753. The molecule has 0 radical (unpaired) electrons. The summed E-state index contributed by atoms with van der Waals surface area (Å²) in [6.45, 7) is 0. The summed E-state index contributed by atoms with van der Waals surface area (Å²) in [6.07, 6.45) is 5.94. The highest BCUT2D eigenvalue weighted by atomic mass is 32.2. The van der Waals surface area contributed by atoms with E-state index in [4.69, 9.17) is 10.3 Å². The van der Waals surface area contributed by atoms with Gasteiger partial charge in [0.25, 0.3) is 0 Å². The van der Waals surface area contributed by atoms with Crippen LogP contribution in [0.25, 0.3) is 0 Å². The van der Waals surface area contributed by atoms with Crippen molar-refractivity contribution in [2.24, 2.45) is 4.99 Å². The third-order valence-electron chi connectivity index (χ3n) is 3.10. The summed E-state index contributed by atoms with van der Waals surface area (Å²) in [5.41, 5.74) is 3.08. The Morgan fingerprint density at radius 3 is 2.82 bits per heavy atom. The van der Waals surface area contributed by atoms with Crippen molar-refractivity contribution in [1.82, 2.24) is 0 Å². The molecule has 2 nitrogen and oxygen atoms in total. The van der Waals surface area contributed by atoms with Gasteiger partial charge < -0.3 is 0 Å². The van der Waals surface area contributed by atoms with Gasteiger partial charge in [0, 0.05) is 5.56 Å². The number of hydrogen-bond donors (Lipinski definition) is 0. The zero-order valence-electron chi connectivity index (χ0n) is 9.39. The highest BCUT2D eigenvalue weighted by Crippen LogP contribution is 2.38. The van der Waals surface area contributed by atoms with Crippen LogP contribution in [-0.4, -0.2) is 10.3 Å². The van der Waals surface area contributed by atoms with Crippen LogP contribution in [0.1, 0.15) is 30.4 Å². The third-order valence-corrected chi connectivity index (χ3v) is 4.41. The Morgan fingerprint density at radius 1 is 1.29 bits per heavy atom. The van der Waals surface area contributed by atoms with E-state index >= 15 is 0 Å². The van der Waals surface area contributed by atoms with Crippen LogP contribution in [0.2, 0.25) is 0 Å². The summed E-state index contributed by atoms with van der Waals surface area (Å²) in [4.78, 5) is 4.69. The molecular weight excluding hydrogens is 228 g/mol. The van der Waals surface area contributed by atoms with E-state index in [1.54, 1.807) is 0 Å². The lowest BCUT2D eigenvalue weighted by atomic mass is 10.0. The lowest BCUT2D eigenvalue weighted by molar-refractivity contribution is 0.714. The van der Waals surface area contributed by atoms with Crippen molar-refractivity contribution in [1.29, 1.82) is 5.26 Å². The normalized spacial score (nSPS) is 22.4. The maximum atomic E-state index is 8.77. The summed E-state index contributed by atoms with van der Waals surface area (Å²) in [7, 11) is 0. The van der Waals surface area contributed by atoms with Crippen LogP contribution in [0.4, 0.5) is 0 Å². The van der Waals surface area contributed by atoms with E-state index in [0.717, 1.165) is 17.0 Å². The highest BCUT2D eigenvalue weighted by Gasteiger charge is 2.26. The average molecular weight is 240 g/mol. The molecule has 0 spiro atoms. The van der Waals surface area contributed by atoms with Gasteiger partial charge in [0.1, 0.15) is 5.04 Å². The van der Waals surface area contributed by atoms with Gasteiger partial charge in [-0.05, 0) is 31.4 Å². The number of thioether (sulfide) groups is 1. The van der Waals surface area contributed by atoms with Gasteiger partial charge in [0.05, 0.1) is 22.6 Å². The van der Waals surface area contributed by atoms with Crippen molar-refractivity contribution in [2.45, 2.75) is 24.5 Å². The first kappa shape index (κ1) is 10.6. The minimum Gasteiger partial charge on any atom is -0.245 e. The molecule has 17 heavy (non-hydrogen) atoms. The first-order valence-corrected chi connectivity index (χ1v) is 6.71. The van der Waals surface area contributed by atoms with Crippen LogP contribution in [-0.2, 0) is 0 Å². The Bertz CT molecular complexity index is 534. The molecule has 1 aliphatic carbocycles. The van der Waals surface area contributed by atoms with Gasteiger partial charge in [-0.2, -0.15) is 5.26 Å². The van der Waals surface area contributed by atoms with Gasteiger partial charge in [-0.3, -0.25) is 0 Å². The van der Waals surface area contributed by atoms with Gasteiger partial charge in [-0.25, -0.2) is 4.99 Å². The monoisotopic (exact) mass is 240 g/mol. The summed E-state index contributed by atoms with van der Waals surface area (Å²) < 4.78 is 0. The molecular formula is C14H12N2S. The van der Waals surface area contributed by atoms with Crippen molar-refractivity contribution in [3.05, 3.63) is 47.2 Å². The molecule has 3 heteroatoms. The topological polar surface area (TPSA) is 36.1 Å². The molecule has 0 fully saturated rings. The van der Waals surface area contributed by atoms with Crippen LogP contribution in [0.5, 0.6) is 0 Å². The zero-order valence-corrected chi connectivity index (χ0v) is 10.2. The fourth-order valence-electron chi connectivity index (χ4n) is 2.17. The SMILES string of the molecule is N#Cc1ccc(C2=NC3=CCCCC3S2)cc1. The van der Waals surface area contributed by atoms with Crippen molar-refractivity contribution in [2.75, 3.05) is 0 Å². The zero-order chi connectivity index (χ0) is 11.7. The van der Waals surface area contributed by atoms with E-state index in [1.165, 1.54) is 18.5 Å². The summed E-state index contributed by atoms with van der Waals surface area (Å²) in [5.74, 6) is 0. The van der Waals surface area contributed by atoms with Gasteiger partial charge in [0.15, 0.2) is 0 Å². The molecule has 0 aromatic heterocycles. The van der Waals surface area contributed by atoms with E-state index in [-0.39, 0.29) is 0 Å². The smallest absolute Gasteiger partial charge is 0.104 e. The van der Waals surface area contributed by atoms with E-state index in [9.17, 15) is 0 Å². The standard InChI is InChI=1S/C14H12N2S/c15-9-10-5-7-11(8-6-10)14-16-12-3-1-2-4-13(12)17-14/h3,5-8,13H,1-2,4H2. The fourth-order valence-corrected chi connectivity index (χ4v) is 3.42. The fraction of sp³-hybridized carbons (Fsp3) is 0.286. The number of rotatable bonds is 1. The number of benzene rings is 1. The van der Waals surface area contributed by atoms with Crippen LogP contribution in [0, 0.1) is 11.3 Å². The lowest BCUT2D eigenvalue weighted by Crippen LogP contribution is -2.05. The van der Waals surface area contributed by atoms with Crippen LogP contribution < -0.4 is 0 Å². The molecule has 0 amide bonds. The number of aliphatic imine (C=N–C) groups is 1. The number of fused-ring (bicyclic) bond motifs is 1. The minimum absolute atomic E-state index is 0.564. The number of hydrogen-bond acceptors (Lipinski definition) is 3. The molecule has 1 unspecified atom stereocenters. The maximum absolute atomic E-state index is 8.77. The molecule has 1 heterocycles. The minimum atomic E-state index is 0.564. The molecule has 0 bridgehead atoms. The summed E-state index contributed by atoms with van der Waals surface area (Å²) in [6, 6.07) is 9.83. The maximum Gasteiger partial charge on any atom is 0.104 e. The van der Waals surface area contributed by atoms with Gasteiger partial charge in [-0.15, -0.1) is 0 Å². The highest BCUT2D eigenvalue weighted by molar-refractivity contribution is 8.15. The first-order valence-electron chi connectivity index (χ1n) is 5.83. The molecule has 0 saturated carbocycles. The van der Waals surface area contributed by atoms with Gasteiger partial charge in [-0.1, -0.05) is 30.0 Å². The van der Waals surface area contributed by atoms with E-state index < -0.39 is 0 Å². The Morgan fingerprint density at radius 2 is 2.12 bits per heavy atom. The lowest BCUT2D eigenvalue weighted by Gasteiger charge is -2.13. The molecule has 2 aliphatic rings. The summed E-state index contributed by atoms with van der Waals surface area (Å²) in [5, 5.41) is 10.4. The Kier molecular flexibility index (Phi) is 2.74. The average Bonchev–Trinajstić information content (AvgIpc) is 2.82.